The Morgan fingerprint density at radius 3 is 2.55 bits per heavy atom. The van der Waals surface area contributed by atoms with Gasteiger partial charge in [0.25, 0.3) is 0 Å². The number of aryl methyl sites for hydroxylation is 2. The second-order valence-electron chi connectivity index (χ2n) is 4.80. The summed E-state index contributed by atoms with van der Waals surface area (Å²) in [5, 5.41) is 7.85. The van der Waals surface area contributed by atoms with E-state index in [0.717, 1.165) is 23.8 Å². The molecule has 1 aromatic heterocycles. The number of aromatic nitrogens is 2. The van der Waals surface area contributed by atoms with Gasteiger partial charge in [-0.05, 0) is 38.5 Å². The molecule has 1 aromatic carbocycles. The maximum absolute atomic E-state index is 6.09. The number of rotatable bonds is 5. The minimum atomic E-state index is 0.143. The van der Waals surface area contributed by atoms with Crippen molar-refractivity contribution in [1.29, 1.82) is 0 Å². The summed E-state index contributed by atoms with van der Waals surface area (Å²) in [6.07, 6.45) is 0. The van der Waals surface area contributed by atoms with Crippen molar-refractivity contribution in [2.75, 3.05) is 18.2 Å². The first-order valence-corrected chi connectivity index (χ1v) is 6.80. The standard InChI is InChI=1S/C15H22N4O/c1-5-19-15(14(16)11(3)18-19)17-10(2)12-6-8-13(20-4)9-7-12/h6-10,17H,5,16H2,1-4H3. The van der Waals surface area contributed by atoms with E-state index >= 15 is 0 Å². The molecule has 0 amide bonds. The number of ether oxygens (including phenoxy) is 1. The lowest BCUT2D eigenvalue weighted by Gasteiger charge is -2.17. The molecule has 1 unspecified atom stereocenters. The van der Waals surface area contributed by atoms with Crippen LogP contribution in [0.1, 0.15) is 31.1 Å². The Balaban J connectivity index is 2.20. The summed E-state index contributed by atoms with van der Waals surface area (Å²) in [6, 6.07) is 8.15. The van der Waals surface area contributed by atoms with Crippen LogP contribution in [-0.4, -0.2) is 16.9 Å². The number of nitrogen functional groups attached to an aromatic ring is 1. The Morgan fingerprint density at radius 2 is 2.00 bits per heavy atom. The zero-order valence-corrected chi connectivity index (χ0v) is 12.5. The summed E-state index contributed by atoms with van der Waals surface area (Å²) < 4.78 is 7.07. The van der Waals surface area contributed by atoms with Crippen molar-refractivity contribution in [3.63, 3.8) is 0 Å². The molecule has 0 aliphatic carbocycles. The fraction of sp³-hybridized carbons (Fsp3) is 0.400. The Hall–Kier alpha value is -2.17. The average Bonchev–Trinajstić information content (AvgIpc) is 2.75. The summed E-state index contributed by atoms with van der Waals surface area (Å²) in [5.41, 5.74) is 8.83. The predicted octanol–water partition coefficient (Wildman–Crippen LogP) is 2.98. The van der Waals surface area contributed by atoms with Crippen LogP contribution in [0.4, 0.5) is 11.5 Å². The molecule has 108 valence electrons. The summed E-state index contributed by atoms with van der Waals surface area (Å²) in [5.74, 6) is 1.74. The number of hydrogen-bond donors (Lipinski definition) is 2. The molecular weight excluding hydrogens is 252 g/mol. The smallest absolute Gasteiger partial charge is 0.148 e. The molecule has 0 spiro atoms. The minimum Gasteiger partial charge on any atom is -0.497 e. The fourth-order valence-corrected chi connectivity index (χ4v) is 2.16. The van der Waals surface area contributed by atoms with Gasteiger partial charge in [0.2, 0.25) is 0 Å². The van der Waals surface area contributed by atoms with Crippen molar-refractivity contribution >= 4 is 11.5 Å². The van der Waals surface area contributed by atoms with Gasteiger partial charge in [-0.25, -0.2) is 4.68 Å². The maximum atomic E-state index is 6.09. The Bertz CT molecular complexity index is 574. The van der Waals surface area contributed by atoms with Crippen LogP contribution < -0.4 is 15.8 Å². The highest BCUT2D eigenvalue weighted by atomic mass is 16.5. The summed E-state index contributed by atoms with van der Waals surface area (Å²) in [4.78, 5) is 0. The van der Waals surface area contributed by atoms with E-state index in [1.807, 2.05) is 35.9 Å². The van der Waals surface area contributed by atoms with Crippen molar-refractivity contribution in [2.24, 2.45) is 0 Å². The van der Waals surface area contributed by atoms with Crippen LogP contribution in [0.3, 0.4) is 0 Å². The van der Waals surface area contributed by atoms with Gasteiger partial charge in [0, 0.05) is 6.54 Å². The lowest BCUT2D eigenvalue weighted by molar-refractivity contribution is 0.414. The third-order valence-electron chi connectivity index (χ3n) is 3.44. The van der Waals surface area contributed by atoms with E-state index in [2.05, 4.69) is 24.3 Å². The number of hydrogen-bond acceptors (Lipinski definition) is 4. The molecule has 5 nitrogen and oxygen atoms in total. The number of nitrogens with one attached hydrogen (secondary N) is 1. The Labute approximate surface area is 119 Å². The van der Waals surface area contributed by atoms with Crippen LogP contribution in [0.15, 0.2) is 24.3 Å². The van der Waals surface area contributed by atoms with E-state index in [-0.39, 0.29) is 6.04 Å². The Morgan fingerprint density at radius 1 is 1.35 bits per heavy atom. The lowest BCUT2D eigenvalue weighted by atomic mass is 10.1. The third-order valence-corrected chi connectivity index (χ3v) is 3.44. The van der Waals surface area contributed by atoms with Crippen LogP contribution in [0.5, 0.6) is 5.75 Å². The second kappa shape index (κ2) is 5.86. The lowest BCUT2D eigenvalue weighted by Crippen LogP contribution is -2.12. The molecule has 0 fully saturated rings. The van der Waals surface area contributed by atoms with Gasteiger partial charge in [-0.2, -0.15) is 5.10 Å². The summed E-state index contributed by atoms with van der Waals surface area (Å²) in [6.45, 7) is 6.86. The van der Waals surface area contributed by atoms with E-state index in [1.165, 1.54) is 5.56 Å². The van der Waals surface area contributed by atoms with Gasteiger partial charge >= 0.3 is 0 Å². The van der Waals surface area contributed by atoms with Gasteiger partial charge in [0.05, 0.1) is 24.5 Å². The van der Waals surface area contributed by atoms with Crippen LogP contribution in [0, 0.1) is 6.92 Å². The number of methoxy groups -OCH3 is 1. The van der Waals surface area contributed by atoms with Crippen molar-refractivity contribution in [3.05, 3.63) is 35.5 Å². The van der Waals surface area contributed by atoms with E-state index in [1.54, 1.807) is 7.11 Å². The van der Waals surface area contributed by atoms with Crippen LogP contribution in [0.2, 0.25) is 0 Å². The molecule has 2 rings (SSSR count). The molecular formula is C15H22N4O. The number of nitrogens with zero attached hydrogens (tertiary/aromatic N) is 2. The molecule has 1 heterocycles. The quantitative estimate of drug-likeness (QED) is 0.879. The van der Waals surface area contributed by atoms with E-state index in [9.17, 15) is 0 Å². The van der Waals surface area contributed by atoms with E-state index in [4.69, 9.17) is 10.5 Å². The zero-order chi connectivity index (χ0) is 14.7. The third kappa shape index (κ3) is 2.71. The predicted molar refractivity (Wildman–Crippen MR) is 82.1 cm³/mol. The topological polar surface area (TPSA) is 65.1 Å². The average molecular weight is 274 g/mol. The molecule has 0 saturated carbocycles. The minimum absolute atomic E-state index is 0.143. The second-order valence-corrected chi connectivity index (χ2v) is 4.80. The van der Waals surface area contributed by atoms with Crippen molar-refractivity contribution in [1.82, 2.24) is 9.78 Å². The highest BCUT2D eigenvalue weighted by Gasteiger charge is 2.14. The fourth-order valence-electron chi connectivity index (χ4n) is 2.16. The monoisotopic (exact) mass is 274 g/mol. The SMILES string of the molecule is CCn1nc(C)c(N)c1NC(C)c1ccc(OC)cc1. The van der Waals surface area contributed by atoms with Crippen molar-refractivity contribution in [2.45, 2.75) is 33.4 Å². The number of nitrogens with two attached hydrogens (primary N) is 1. The molecule has 0 saturated heterocycles. The highest BCUT2D eigenvalue weighted by molar-refractivity contribution is 5.65. The molecule has 3 N–H and O–H groups in total. The first-order valence-electron chi connectivity index (χ1n) is 6.80. The number of benzene rings is 1. The summed E-state index contributed by atoms with van der Waals surface area (Å²) >= 11 is 0. The largest absolute Gasteiger partial charge is 0.497 e. The first-order chi connectivity index (χ1) is 9.56. The molecule has 0 aliphatic rings. The molecule has 0 bridgehead atoms. The first kappa shape index (κ1) is 14.2. The molecule has 0 aliphatic heterocycles. The van der Waals surface area contributed by atoms with Crippen LogP contribution >= 0.6 is 0 Å². The molecule has 5 heteroatoms. The van der Waals surface area contributed by atoms with Crippen molar-refractivity contribution in [3.8, 4) is 5.75 Å². The van der Waals surface area contributed by atoms with Gasteiger partial charge in [-0.15, -0.1) is 0 Å². The summed E-state index contributed by atoms with van der Waals surface area (Å²) in [7, 11) is 1.67. The van der Waals surface area contributed by atoms with Crippen molar-refractivity contribution < 1.29 is 4.74 Å². The van der Waals surface area contributed by atoms with Gasteiger partial charge in [-0.1, -0.05) is 12.1 Å². The molecule has 20 heavy (non-hydrogen) atoms. The van der Waals surface area contributed by atoms with E-state index in [0.29, 0.717) is 5.69 Å². The molecule has 2 aromatic rings. The van der Waals surface area contributed by atoms with Crippen LogP contribution in [-0.2, 0) is 6.54 Å². The van der Waals surface area contributed by atoms with E-state index < -0.39 is 0 Å². The van der Waals surface area contributed by atoms with Gasteiger partial charge in [-0.3, -0.25) is 0 Å². The molecule has 0 radical (unpaired) electrons. The van der Waals surface area contributed by atoms with Crippen LogP contribution in [0.25, 0.3) is 0 Å². The number of anilines is 2. The zero-order valence-electron chi connectivity index (χ0n) is 12.5. The Kier molecular flexibility index (Phi) is 4.17. The van der Waals surface area contributed by atoms with Gasteiger partial charge < -0.3 is 15.8 Å². The normalized spacial score (nSPS) is 12.2. The highest BCUT2D eigenvalue weighted by Crippen LogP contribution is 2.27. The maximum Gasteiger partial charge on any atom is 0.148 e. The molecule has 1 atom stereocenters. The van der Waals surface area contributed by atoms with Gasteiger partial charge in [0.15, 0.2) is 0 Å². The van der Waals surface area contributed by atoms with Gasteiger partial charge in [0.1, 0.15) is 11.6 Å².